The van der Waals surface area contributed by atoms with Crippen LogP contribution in [0.1, 0.15) is 0 Å². The standard InChI is InChI=1S/C15H10F2N4/c1-21-7-11-3-9(5-13(17)15(11)20-21)8-2-10-6-18-19-14(10)12(16)4-8/h2-7H,1H3,(H,18,19). The third-order valence-electron chi connectivity index (χ3n) is 3.51. The van der Waals surface area contributed by atoms with Crippen molar-refractivity contribution in [1.82, 2.24) is 20.0 Å². The van der Waals surface area contributed by atoms with E-state index in [1.807, 2.05) is 0 Å². The summed E-state index contributed by atoms with van der Waals surface area (Å²) >= 11 is 0. The van der Waals surface area contributed by atoms with E-state index in [1.165, 1.54) is 12.1 Å². The fourth-order valence-corrected chi connectivity index (χ4v) is 2.56. The molecule has 104 valence electrons. The molecule has 0 aliphatic rings. The SMILES string of the molecule is Cn1cc2cc(-c3cc(F)c4[nH]ncc4c3)cc(F)c2n1. The molecule has 0 atom stereocenters. The first-order chi connectivity index (χ1) is 10.1. The average molecular weight is 284 g/mol. The maximum atomic E-state index is 14.1. The van der Waals surface area contributed by atoms with Crippen LogP contribution in [-0.2, 0) is 7.05 Å². The number of rotatable bonds is 1. The lowest BCUT2D eigenvalue weighted by atomic mass is 10.0. The number of fused-ring (bicyclic) bond motifs is 2. The molecule has 0 fully saturated rings. The Morgan fingerprint density at radius 1 is 1.00 bits per heavy atom. The Bertz CT molecular complexity index is 984. The van der Waals surface area contributed by atoms with Crippen LogP contribution in [0.3, 0.4) is 0 Å². The Balaban J connectivity index is 1.98. The minimum Gasteiger partial charge on any atom is -0.275 e. The molecule has 0 aliphatic carbocycles. The zero-order valence-corrected chi connectivity index (χ0v) is 11.1. The number of aryl methyl sites for hydroxylation is 1. The Morgan fingerprint density at radius 3 is 2.52 bits per heavy atom. The molecular formula is C15H10F2N4. The van der Waals surface area contributed by atoms with Gasteiger partial charge < -0.3 is 0 Å². The number of halogens is 2. The van der Waals surface area contributed by atoms with E-state index in [-0.39, 0.29) is 0 Å². The number of nitrogens with zero attached hydrogens (tertiary/aromatic N) is 3. The zero-order chi connectivity index (χ0) is 14.6. The lowest BCUT2D eigenvalue weighted by Crippen LogP contribution is -1.87. The van der Waals surface area contributed by atoms with Gasteiger partial charge in [0.25, 0.3) is 0 Å². The Morgan fingerprint density at radius 2 is 1.71 bits per heavy atom. The van der Waals surface area contributed by atoms with Gasteiger partial charge in [0.1, 0.15) is 16.9 Å². The maximum absolute atomic E-state index is 14.1. The summed E-state index contributed by atoms with van der Waals surface area (Å²) in [6.07, 6.45) is 3.27. The van der Waals surface area contributed by atoms with Crippen LogP contribution in [0.15, 0.2) is 36.7 Å². The summed E-state index contributed by atoms with van der Waals surface area (Å²) in [5, 5.41) is 11.8. The van der Waals surface area contributed by atoms with E-state index in [0.717, 1.165) is 0 Å². The molecule has 0 unspecified atom stereocenters. The van der Waals surface area contributed by atoms with E-state index < -0.39 is 11.6 Å². The van der Waals surface area contributed by atoms with Gasteiger partial charge in [0.15, 0.2) is 5.82 Å². The topological polar surface area (TPSA) is 46.5 Å². The molecule has 0 amide bonds. The van der Waals surface area contributed by atoms with Gasteiger partial charge in [0.2, 0.25) is 0 Å². The van der Waals surface area contributed by atoms with Gasteiger partial charge in [-0.1, -0.05) is 0 Å². The second kappa shape index (κ2) is 4.12. The van der Waals surface area contributed by atoms with E-state index in [0.29, 0.717) is 32.9 Å². The molecule has 0 spiro atoms. The molecule has 0 bridgehead atoms. The number of hydrogen-bond donors (Lipinski definition) is 1. The third kappa shape index (κ3) is 1.79. The first-order valence-corrected chi connectivity index (χ1v) is 6.38. The van der Waals surface area contributed by atoms with E-state index >= 15 is 0 Å². The first-order valence-electron chi connectivity index (χ1n) is 6.38. The largest absolute Gasteiger partial charge is 0.275 e. The molecule has 0 aliphatic heterocycles. The summed E-state index contributed by atoms with van der Waals surface area (Å²) in [6, 6.07) is 6.32. The van der Waals surface area contributed by atoms with E-state index in [1.54, 1.807) is 36.3 Å². The van der Waals surface area contributed by atoms with E-state index in [9.17, 15) is 8.78 Å². The van der Waals surface area contributed by atoms with Crippen molar-refractivity contribution in [2.75, 3.05) is 0 Å². The van der Waals surface area contributed by atoms with Crippen LogP contribution in [-0.4, -0.2) is 20.0 Å². The Labute approximate surface area is 118 Å². The minimum atomic E-state index is -0.421. The predicted molar refractivity (Wildman–Crippen MR) is 75.7 cm³/mol. The van der Waals surface area contributed by atoms with Crippen LogP contribution in [0.25, 0.3) is 32.9 Å². The second-order valence-corrected chi connectivity index (χ2v) is 4.99. The number of nitrogens with one attached hydrogen (secondary N) is 1. The fraction of sp³-hybridized carbons (Fsp3) is 0.0667. The molecule has 2 aromatic heterocycles. The van der Waals surface area contributed by atoms with Crippen LogP contribution in [0.5, 0.6) is 0 Å². The highest BCUT2D eigenvalue weighted by Gasteiger charge is 2.11. The lowest BCUT2D eigenvalue weighted by molar-refractivity contribution is 0.632. The molecule has 6 heteroatoms. The number of H-pyrrole nitrogens is 1. The number of hydrogen-bond acceptors (Lipinski definition) is 2. The molecule has 4 nitrogen and oxygen atoms in total. The average Bonchev–Trinajstić information content (AvgIpc) is 3.04. The highest BCUT2D eigenvalue weighted by molar-refractivity contribution is 5.88. The maximum Gasteiger partial charge on any atom is 0.151 e. The number of aromatic nitrogens is 4. The summed E-state index contributed by atoms with van der Waals surface area (Å²) in [4.78, 5) is 0. The van der Waals surface area contributed by atoms with Gasteiger partial charge in [0.05, 0.1) is 6.20 Å². The molecule has 21 heavy (non-hydrogen) atoms. The van der Waals surface area contributed by atoms with Gasteiger partial charge in [-0.2, -0.15) is 10.2 Å². The summed E-state index contributed by atoms with van der Waals surface area (Å²) in [7, 11) is 1.73. The van der Waals surface area contributed by atoms with Crippen molar-refractivity contribution in [3.05, 3.63) is 48.3 Å². The van der Waals surface area contributed by atoms with E-state index in [2.05, 4.69) is 15.3 Å². The smallest absolute Gasteiger partial charge is 0.151 e. The van der Waals surface area contributed by atoms with Gasteiger partial charge in [-0.25, -0.2) is 8.78 Å². The van der Waals surface area contributed by atoms with Crippen LogP contribution in [0.4, 0.5) is 8.78 Å². The fourth-order valence-electron chi connectivity index (χ4n) is 2.56. The second-order valence-electron chi connectivity index (χ2n) is 4.99. The Kier molecular flexibility index (Phi) is 2.35. The van der Waals surface area contributed by atoms with Crippen molar-refractivity contribution in [3.8, 4) is 11.1 Å². The molecular weight excluding hydrogens is 274 g/mol. The van der Waals surface area contributed by atoms with E-state index in [4.69, 9.17) is 0 Å². The number of aromatic amines is 1. The summed E-state index contributed by atoms with van der Waals surface area (Å²) in [6.45, 7) is 0. The quantitative estimate of drug-likeness (QED) is 0.582. The highest BCUT2D eigenvalue weighted by atomic mass is 19.1. The molecule has 0 saturated carbocycles. The van der Waals surface area contributed by atoms with Crippen LogP contribution in [0, 0.1) is 11.6 Å². The molecule has 4 aromatic rings. The minimum absolute atomic E-state index is 0.311. The van der Waals surface area contributed by atoms with Crippen LogP contribution >= 0.6 is 0 Å². The predicted octanol–water partition coefficient (Wildman–Crippen LogP) is 3.39. The van der Waals surface area contributed by atoms with Gasteiger partial charge in [0, 0.05) is 24.0 Å². The van der Waals surface area contributed by atoms with Crippen molar-refractivity contribution in [2.45, 2.75) is 0 Å². The molecule has 1 N–H and O–H groups in total. The Hall–Kier alpha value is -2.76. The summed E-state index contributed by atoms with van der Waals surface area (Å²) < 4.78 is 29.7. The molecule has 4 rings (SSSR count). The highest BCUT2D eigenvalue weighted by Crippen LogP contribution is 2.29. The third-order valence-corrected chi connectivity index (χ3v) is 3.51. The van der Waals surface area contributed by atoms with Crippen molar-refractivity contribution in [3.63, 3.8) is 0 Å². The number of benzene rings is 2. The van der Waals surface area contributed by atoms with Gasteiger partial charge in [-0.05, 0) is 35.4 Å². The van der Waals surface area contributed by atoms with Gasteiger partial charge in [-0.3, -0.25) is 9.78 Å². The monoisotopic (exact) mass is 284 g/mol. The van der Waals surface area contributed by atoms with Crippen molar-refractivity contribution in [2.24, 2.45) is 7.05 Å². The van der Waals surface area contributed by atoms with Crippen molar-refractivity contribution < 1.29 is 8.78 Å². The van der Waals surface area contributed by atoms with Crippen LogP contribution < -0.4 is 0 Å². The first kappa shape index (κ1) is 12.0. The summed E-state index contributed by atoms with van der Waals surface area (Å²) in [5.74, 6) is -0.831. The van der Waals surface area contributed by atoms with Gasteiger partial charge >= 0.3 is 0 Å². The van der Waals surface area contributed by atoms with Crippen molar-refractivity contribution >= 4 is 21.8 Å². The van der Waals surface area contributed by atoms with Gasteiger partial charge in [-0.15, -0.1) is 0 Å². The molecule has 2 aromatic carbocycles. The normalized spacial score (nSPS) is 11.6. The van der Waals surface area contributed by atoms with Crippen LogP contribution in [0.2, 0.25) is 0 Å². The van der Waals surface area contributed by atoms with Crippen molar-refractivity contribution in [1.29, 1.82) is 0 Å². The molecule has 2 heterocycles. The lowest BCUT2D eigenvalue weighted by Gasteiger charge is -2.04. The summed E-state index contributed by atoms with van der Waals surface area (Å²) in [5.41, 5.74) is 1.87. The molecule has 0 radical (unpaired) electrons. The zero-order valence-electron chi connectivity index (χ0n) is 11.1. The molecule has 0 saturated heterocycles.